The first-order valence-electron chi connectivity index (χ1n) is 8.94. The van der Waals surface area contributed by atoms with E-state index in [1.165, 1.54) is 19.3 Å². The molecular formula is C17H30IN3O2. The van der Waals surface area contributed by atoms with E-state index in [1.807, 2.05) is 0 Å². The van der Waals surface area contributed by atoms with Crippen LogP contribution in [-0.2, 0) is 9.47 Å². The molecule has 0 radical (unpaired) electrons. The highest BCUT2D eigenvalue weighted by atomic mass is 127. The lowest BCUT2D eigenvalue weighted by molar-refractivity contribution is -0.106. The second kappa shape index (κ2) is 6.67. The van der Waals surface area contributed by atoms with Gasteiger partial charge < -0.3 is 20.1 Å². The van der Waals surface area contributed by atoms with Gasteiger partial charge in [-0.2, -0.15) is 0 Å². The summed E-state index contributed by atoms with van der Waals surface area (Å²) in [7, 11) is 0. The van der Waals surface area contributed by atoms with E-state index in [9.17, 15) is 0 Å². The van der Waals surface area contributed by atoms with Crippen LogP contribution in [0, 0.1) is 11.3 Å². The van der Waals surface area contributed by atoms with Gasteiger partial charge in [0.2, 0.25) is 0 Å². The third-order valence-corrected chi connectivity index (χ3v) is 6.14. The molecule has 5 nitrogen and oxygen atoms in total. The van der Waals surface area contributed by atoms with Crippen LogP contribution in [0.15, 0.2) is 4.99 Å². The molecule has 6 heteroatoms. The van der Waals surface area contributed by atoms with Crippen molar-refractivity contribution in [3.63, 3.8) is 0 Å². The van der Waals surface area contributed by atoms with Gasteiger partial charge in [0, 0.05) is 30.5 Å². The summed E-state index contributed by atoms with van der Waals surface area (Å²) in [6.45, 7) is 8.41. The second-order valence-electron chi connectivity index (χ2n) is 7.87. The van der Waals surface area contributed by atoms with Crippen LogP contribution in [0.25, 0.3) is 0 Å². The van der Waals surface area contributed by atoms with Crippen LogP contribution in [0.5, 0.6) is 0 Å². The summed E-state index contributed by atoms with van der Waals surface area (Å²) >= 11 is 0. The molecule has 2 bridgehead atoms. The van der Waals surface area contributed by atoms with E-state index in [0.29, 0.717) is 36.3 Å². The van der Waals surface area contributed by atoms with E-state index in [-0.39, 0.29) is 29.4 Å². The van der Waals surface area contributed by atoms with Crippen molar-refractivity contribution >= 4 is 29.9 Å². The van der Waals surface area contributed by atoms with Gasteiger partial charge in [0.1, 0.15) is 0 Å². The molecule has 0 aromatic heterocycles. The standard InChI is InChI=1S/C17H29N3O2.HI/c1-4-18-16(19-12-9-10-5-6-13(12)22-10)20-14-11-7-8-21-15(11)17(14,2)3;/h10-15H,4-9H2,1-3H3,(H2,18,19,20);1H. The highest BCUT2D eigenvalue weighted by Gasteiger charge is 2.59. The smallest absolute Gasteiger partial charge is 0.191 e. The average molecular weight is 435 g/mol. The van der Waals surface area contributed by atoms with Crippen molar-refractivity contribution in [1.82, 2.24) is 10.6 Å². The molecule has 2 N–H and O–H groups in total. The first-order chi connectivity index (χ1) is 10.6. The van der Waals surface area contributed by atoms with E-state index in [4.69, 9.17) is 9.47 Å². The summed E-state index contributed by atoms with van der Waals surface area (Å²) in [5, 5.41) is 7.34. The Labute approximate surface area is 156 Å². The summed E-state index contributed by atoms with van der Waals surface area (Å²) in [6.07, 6.45) is 5.98. The monoisotopic (exact) mass is 435 g/mol. The third-order valence-electron chi connectivity index (χ3n) is 6.14. The minimum absolute atomic E-state index is 0. The number of hydrogen-bond donors (Lipinski definition) is 2. The number of nitrogens with one attached hydrogen (secondary N) is 2. The number of guanidine groups is 1. The van der Waals surface area contributed by atoms with Gasteiger partial charge in [-0.1, -0.05) is 13.8 Å². The fourth-order valence-corrected chi connectivity index (χ4v) is 5.02. The molecule has 3 heterocycles. The minimum atomic E-state index is 0. The Kier molecular flexibility index (Phi) is 5.14. The molecule has 0 amide bonds. The molecule has 0 spiro atoms. The van der Waals surface area contributed by atoms with Crippen molar-refractivity contribution in [2.45, 2.75) is 76.9 Å². The number of halogens is 1. The SMILES string of the molecule is CCN=C(NC1CC2CCC1O2)NC1C2CCOC2C1(C)C.I. The van der Waals surface area contributed by atoms with E-state index < -0.39 is 0 Å². The van der Waals surface area contributed by atoms with E-state index >= 15 is 0 Å². The van der Waals surface area contributed by atoms with Crippen LogP contribution in [0.3, 0.4) is 0 Å². The van der Waals surface area contributed by atoms with Gasteiger partial charge >= 0.3 is 0 Å². The van der Waals surface area contributed by atoms with Crippen LogP contribution < -0.4 is 10.6 Å². The first-order valence-corrected chi connectivity index (χ1v) is 8.94. The van der Waals surface area contributed by atoms with Gasteiger partial charge in [-0.15, -0.1) is 24.0 Å². The molecule has 3 saturated heterocycles. The number of ether oxygens (including phenoxy) is 2. The predicted octanol–water partition coefficient (Wildman–Crippen LogP) is 2.29. The van der Waals surface area contributed by atoms with Crippen molar-refractivity contribution in [1.29, 1.82) is 0 Å². The van der Waals surface area contributed by atoms with Gasteiger partial charge in [-0.25, -0.2) is 0 Å². The third kappa shape index (κ3) is 2.99. The second-order valence-corrected chi connectivity index (χ2v) is 7.87. The minimum Gasteiger partial charge on any atom is -0.377 e. The molecular weight excluding hydrogens is 405 g/mol. The topological polar surface area (TPSA) is 54.9 Å². The molecule has 3 aliphatic heterocycles. The predicted molar refractivity (Wildman–Crippen MR) is 101 cm³/mol. The maximum atomic E-state index is 5.95. The lowest BCUT2D eigenvalue weighted by Crippen LogP contribution is -2.68. The zero-order valence-electron chi connectivity index (χ0n) is 14.4. The maximum Gasteiger partial charge on any atom is 0.191 e. The van der Waals surface area contributed by atoms with Crippen molar-refractivity contribution in [3.8, 4) is 0 Å². The fraction of sp³-hybridized carbons (Fsp3) is 0.941. The quantitative estimate of drug-likeness (QED) is 0.406. The Morgan fingerprint density at radius 3 is 2.70 bits per heavy atom. The van der Waals surface area contributed by atoms with Crippen LogP contribution in [-0.4, -0.2) is 49.5 Å². The summed E-state index contributed by atoms with van der Waals surface area (Å²) in [6, 6.07) is 0.882. The molecule has 4 aliphatic rings. The Hall–Kier alpha value is -0.0800. The Morgan fingerprint density at radius 1 is 1.22 bits per heavy atom. The number of fused-ring (bicyclic) bond motifs is 3. The molecule has 0 aromatic carbocycles. The average Bonchev–Trinajstić information content (AvgIpc) is 3.20. The Morgan fingerprint density at radius 2 is 2.04 bits per heavy atom. The number of rotatable bonds is 3. The van der Waals surface area contributed by atoms with Gasteiger partial charge in [0.25, 0.3) is 0 Å². The number of nitrogens with zero attached hydrogens (tertiary/aromatic N) is 1. The lowest BCUT2D eigenvalue weighted by atomic mass is 9.57. The highest BCUT2D eigenvalue weighted by molar-refractivity contribution is 14.0. The molecule has 1 aliphatic carbocycles. The van der Waals surface area contributed by atoms with Crippen molar-refractivity contribution in [3.05, 3.63) is 0 Å². The van der Waals surface area contributed by atoms with Gasteiger partial charge in [-0.05, 0) is 32.6 Å². The summed E-state index contributed by atoms with van der Waals surface area (Å²) in [4.78, 5) is 4.67. The zero-order valence-corrected chi connectivity index (χ0v) is 16.7. The van der Waals surface area contributed by atoms with Crippen LogP contribution >= 0.6 is 24.0 Å². The summed E-state index contributed by atoms with van der Waals surface area (Å²) < 4.78 is 11.8. The summed E-state index contributed by atoms with van der Waals surface area (Å²) in [5.74, 6) is 1.60. The molecule has 1 saturated carbocycles. The van der Waals surface area contributed by atoms with Crippen LogP contribution in [0.2, 0.25) is 0 Å². The Balaban J connectivity index is 0.00000156. The van der Waals surface area contributed by atoms with Gasteiger partial charge in [-0.3, -0.25) is 4.99 Å². The van der Waals surface area contributed by atoms with Crippen molar-refractivity contribution in [2.24, 2.45) is 16.3 Å². The van der Waals surface area contributed by atoms with Gasteiger partial charge in [0.05, 0.1) is 24.4 Å². The zero-order chi connectivity index (χ0) is 15.3. The maximum absolute atomic E-state index is 5.95. The largest absolute Gasteiger partial charge is 0.377 e. The Bertz CT molecular complexity index is 471. The first kappa shape index (κ1) is 17.7. The molecule has 0 aromatic rings. The van der Waals surface area contributed by atoms with Crippen molar-refractivity contribution < 1.29 is 9.47 Å². The van der Waals surface area contributed by atoms with E-state index in [0.717, 1.165) is 25.5 Å². The van der Waals surface area contributed by atoms with Crippen molar-refractivity contribution in [2.75, 3.05) is 13.2 Å². The molecule has 6 atom stereocenters. The highest BCUT2D eigenvalue weighted by Crippen LogP contribution is 2.52. The molecule has 132 valence electrons. The van der Waals surface area contributed by atoms with Gasteiger partial charge in [0.15, 0.2) is 5.96 Å². The van der Waals surface area contributed by atoms with E-state index in [2.05, 4.69) is 36.4 Å². The number of hydrogen-bond acceptors (Lipinski definition) is 3. The molecule has 6 unspecified atom stereocenters. The molecule has 4 rings (SSSR count). The normalized spacial score (nSPS) is 43.5. The fourth-order valence-electron chi connectivity index (χ4n) is 5.02. The van der Waals surface area contributed by atoms with Crippen LogP contribution in [0.1, 0.15) is 46.5 Å². The summed E-state index contributed by atoms with van der Waals surface area (Å²) in [5.41, 5.74) is 0.183. The molecule has 4 fully saturated rings. The van der Waals surface area contributed by atoms with E-state index in [1.54, 1.807) is 0 Å². The lowest BCUT2D eigenvalue weighted by Gasteiger charge is -2.55. The number of aliphatic imine (C=N–C) groups is 1. The molecule has 23 heavy (non-hydrogen) atoms. The van der Waals surface area contributed by atoms with Crippen LogP contribution in [0.4, 0.5) is 0 Å².